The summed E-state index contributed by atoms with van der Waals surface area (Å²) >= 11 is 0. The van der Waals surface area contributed by atoms with Gasteiger partial charge in [0.15, 0.2) is 11.3 Å². The summed E-state index contributed by atoms with van der Waals surface area (Å²) in [5.41, 5.74) is 2.49. The molecule has 15 heavy (non-hydrogen) atoms. The lowest BCUT2D eigenvalue weighted by Crippen LogP contribution is -2.12. The van der Waals surface area contributed by atoms with Crippen molar-refractivity contribution in [2.24, 2.45) is 7.05 Å². The molecule has 3 aromatic rings. The molecule has 2 heterocycles. The van der Waals surface area contributed by atoms with Gasteiger partial charge in [-0.15, -0.1) is 0 Å². The molecule has 0 atom stereocenters. The number of rotatable bonds is 0. The van der Waals surface area contributed by atoms with Crippen molar-refractivity contribution in [1.29, 1.82) is 0 Å². The van der Waals surface area contributed by atoms with Crippen molar-refractivity contribution in [2.45, 2.75) is 0 Å². The number of aromatic nitrogens is 4. The molecule has 0 amide bonds. The second-order valence-corrected chi connectivity index (χ2v) is 3.37. The van der Waals surface area contributed by atoms with Crippen molar-refractivity contribution >= 4 is 22.3 Å². The van der Waals surface area contributed by atoms with Gasteiger partial charge in [0, 0.05) is 7.05 Å². The van der Waals surface area contributed by atoms with E-state index in [-0.39, 0.29) is 5.69 Å². The van der Waals surface area contributed by atoms with E-state index >= 15 is 0 Å². The van der Waals surface area contributed by atoms with E-state index in [1.54, 1.807) is 7.05 Å². The number of nitrogens with zero attached hydrogens (tertiary/aromatic N) is 3. The number of aromatic amines is 1. The Balaban J connectivity index is 2.58. The maximum absolute atomic E-state index is 11.3. The first kappa shape index (κ1) is 8.16. The Morgan fingerprint density at radius 1 is 1.20 bits per heavy atom. The lowest BCUT2D eigenvalue weighted by atomic mass is 10.3. The molecule has 0 aliphatic heterocycles. The van der Waals surface area contributed by atoms with Gasteiger partial charge in [0.25, 0.3) is 0 Å². The summed E-state index contributed by atoms with van der Waals surface area (Å²) in [4.78, 5) is 22.7. The summed E-state index contributed by atoms with van der Waals surface area (Å²) < 4.78 is 1.45. The zero-order valence-corrected chi connectivity index (χ0v) is 8.06. The minimum Gasteiger partial charge on any atom is -0.289 e. The Labute approximate surface area is 84.4 Å². The van der Waals surface area contributed by atoms with Crippen LogP contribution in [0.3, 0.4) is 0 Å². The Hall–Kier alpha value is -2.17. The van der Waals surface area contributed by atoms with Gasteiger partial charge >= 0.3 is 5.69 Å². The Morgan fingerprint density at radius 2 is 1.87 bits per heavy atom. The van der Waals surface area contributed by atoms with E-state index in [0.717, 1.165) is 11.0 Å². The molecule has 0 radical (unpaired) electrons. The first-order chi connectivity index (χ1) is 7.25. The van der Waals surface area contributed by atoms with Crippen molar-refractivity contribution in [3.63, 3.8) is 0 Å². The summed E-state index contributed by atoms with van der Waals surface area (Å²) in [5, 5.41) is 0. The van der Waals surface area contributed by atoms with Crippen LogP contribution < -0.4 is 5.69 Å². The summed E-state index contributed by atoms with van der Waals surface area (Å²) in [5.74, 6) is 0. The maximum Gasteiger partial charge on any atom is 0.328 e. The normalized spacial score (nSPS) is 11.3. The third-order valence-electron chi connectivity index (χ3n) is 2.40. The summed E-state index contributed by atoms with van der Waals surface area (Å²) in [6.07, 6.45) is 0. The largest absolute Gasteiger partial charge is 0.328 e. The SMILES string of the molecule is Cn1c(=O)[nH]c2nc3ccccc3nc21. The fourth-order valence-electron chi connectivity index (χ4n) is 1.59. The zero-order valence-electron chi connectivity index (χ0n) is 8.06. The van der Waals surface area contributed by atoms with Gasteiger partial charge in [-0.25, -0.2) is 14.8 Å². The molecule has 0 saturated carbocycles. The lowest BCUT2D eigenvalue weighted by molar-refractivity contribution is 0.881. The fourth-order valence-corrected chi connectivity index (χ4v) is 1.59. The van der Waals surface area contributed by atoms with Crippen LogP contribution in [0.1, 0.15) is 0 Å². The third kappa shape index (κ3) is 1.06. The van der Waals surface area contributed by atoms with Crippen LogP contribution in [0.2, 0.25) is 0 Å². The number of benzene rings is 1. The second-order valence-electron chi connectivity index (χ2n) is 3.37. The summed E-state index contributed by atoms with van der Waals surface area (Å²) in [6.45, 7) is 0. The van der Waals surface area contributed by atoms with Crippen LogP contribution in [0.4, 0.5) is 0 Å². The highest BCUT2D eigenvalue weighted by Gasteiger charge is 2.06. The van der Waals surface area contributed by atoms with Crippen LogP contribution in [0.25, 0.3) is 22.3 Å². The number of fused-ring (bicyclic) bond motifs is 2. The molecule has 2 aromatic heterocycles. The van der Waals surface area contributed by atoms with Crippen molar-refractivity contribution in [3.8, 4) is 0 Å². The molecule has 74 valence electrons. The van der Waals surface area contributed by atoms with Gasteiger partial charge in [0.05, 0.1) is 11.0 Å². The van der Waals surface area contributed by atoms with Crippen LogP contribution in [-0.2, 0) is 7.05 Å². The number of nitrogens with one attached hydrogen (secondary N) is 1. The Morgan fingerprint density at radius 3 is 2.60 bits per heavy atom. The molecule has 0 unspecified atom stereocenters. The van der Waals surface area contributed by atoms with Crippen molar-refractivity contribution in [2.75, 3.05) is 0 Å². The Kier molecular flexibility index (Phi) is 1.45. The highest BCUT2D eigenvalue weighted by atomic mass is 16.1. The second kappa shape index (κ2) is 2.66. The first-order valence-electron chi connectivity index (χ1n) is 4.57. The third-order valence-corrected chi connectivity index (χ3v) is 2.40. The molecule has 1 N–H and O–H groups in total. The van der Waals surface area contributed by atoms with Crippen LogP contribution in [-0.4, -0.2) is 19.5 Å². The quantitative estimate of drug-likeness (QED) is 0.584. The average molecular weight is 200 g/mol. The number of hydrogen-bond acceptors (Lipinski definition) is 3. The molecule has 5 heteroatoms. The molecule has 5 nitrogen and oxygen atoms in total. The van der Waals surface area contributed by atoms with Crippen molar-refractivity contribution < 1.29 is 0 Å². The van der Waals surface area contributed by atoms with Gasteiger partial charge in [-0.3, -0.25) is 9.55 Å². The molecule has 1 aromatic carbocycles. The average Bonchev–Trinajstić information content (AvgIpc) is 2.52. The lowest BCUT2D eigenvalue weighted by Gasteiger charge is -1.96. The highest BCUT2D eigenvalue weighted by Crippen LogP contribution is 2.12. The first-order valence-corrected chi connectivity index (χ1v) is 4.57. The number of aryl methyl sites for hydroxylation is 1. The van der Waals surface area contributed by atoms with E-state index < -0.39 is 0 Å². The fraction of sp³-hybridized carbons (Fsp3) is 0.100. The Bertz CT molecular complexity index is 710. The minimum atomic E-state index is -0.194. The molecule has 0 aliphatic rings. The van der Waals surface area contributed by atoms with Gasteiger partial charge in [0.1, 0.15) is 0 Å². The van der Waals surface area contributed by atoms with E-state index in [1.807, 2.05) is 24.3 Å². The highest BCUT2D eigenvalue weighted by molar-refractivity contribution is 5.82. The molecular weight excluding hydrogens is 192 g/mol. The number of imidazole rings is 1. The van der Waals surface area contributed by atoms with Crippen LogP contribution in [0, 0.1) is 0 Å². The predicted molar refractivity (Wildman–Crippen MR) is 56.6 cm³/mol. The molecule has 0 saturated heterocycles. The predicted octanol–water partition coefficient (Wildman–Crippen LogP) is 0.810. The van der Waals surface area contributed by atoms with E-state index in [4.69, 9.17) is 0 Å². The van der Waals surface area contributed by atoms with E-state index in [0.29, 0.717) is 11.3 Å². The van der Waals surface area contributed by atoms with Gasteiger partial charge in [-0.2, -0.15) is 0 Å². The number of para-hydroxylation sites is 2. The zero-order chi connectivity index (χ0) is 10.4. The van der Waals surface area contributed by atoms with Gasteiger partial charge in [-0.1, -0.05) is 12.1 Å². The van der Waals surface area contributed by atoms with E-state index in [2.05, 4.69) is 15.0 Å². The van der Waals surface area contributed by atoms with Crippen LogP contribution in [0.15, 0.2) is 29.1 Å². The minimum absolute atomic E-state index is 0.194. The van der Waals surface area contributed by atoms with Gasteiger partial charge in [0.2, 0.25) is 0 Å². The van der Waals surface area contributed by atoms with Crippen molar-refractivity contribution in [1.82, 2.24) is 19.5 Å². The molecule has 0 aliphatic carbocycles. The molecule has 3 rings (SSSR count). The summed E-state index contributed by atoms with van der Waals surface area (Å²) in [7, 11) is 1.67. The standard InChI is InChI=1S/C10H8N4O/c1-14-9-8(13-10(14)15)11-6-4-2-3-5-7(6)12-9/h2-5H,1H3,(H,11,13,15). The van der Waals surface area contributed by atoms with Crippen LogP contribution >= 0.6 is 0 Å². The molecule has 0 bridgehead atoms. The molecular formula is C10H8N4O. The van der Waals surface area contributed by atoms with E-state index in [9.17, 15) is 4.79 Å². The molecule has 0 spiro atoms. The van der Waals surface area contributed by atoms with E-state index in [1.165, 1.54) is 4.57 Å². The number of hydrogen-bond donors (Lipinski definition) is 1. The van der Waals surface area contributed by atoms with Gasteiger partial charge < -0.3 is 0 Å². The summed E-state index contributed by atoms with van der Waals surface area (Å²) in [6, 6.07) is 7.53. The van der Waals surface area contributed by atoms with Crippen molar-refractivity contribution in [3.05, 3.63) is 34.7 Å². The maximum atomic E-state index is 11.3. The topological polar surface area (TPSA) is 63.6 Å². The monoisotopic (exact) mass is 200 g/mol. The van der Waals surface area contributed by atoms with Gasteiger partial charge in [-0.05, 0) is 12.1 Å². The number of H-pyrrole nitrogens is 1. The van der Waals surface area contributed by atoms with Crippen LogP contribution in [0.5, 0.6) is 0 Å². The smallest absolute Gasteiger partial charge is 0.289 e. The molecule has 0 fully saturated rings.